The molecular formula is C45H28N2O. The summed E-state index contributed by atoms with van der Waals surface area (Å²) in [7, 11) is 0. The predicted octanol–water partition coefficient (Wildman–Crippen LogP) is 11.2. The van der Waals surface area contributed by atoms with Crippen molar-refractivity contribution >= 4 is 65.0 Å². The summed E-state index contributed by atoms with van der Waals surface area (Å²) in [6, 6.07) is 59.6. The van der Waals surface area contributed by atoms with Gasteiger partial charge in [-0.05, 0) is 98.7 Å². The molecule has 10 aromatic rings. The maximum absolute atomic E-state index is 13.9. The molecule has 0 spiro atoms. The SMILES string of the molecule is O=c1c2ccccc2c2ccccc2n1-c1ccc2c(ccc3cc(-c4ccc5c(c4)c4ccccc4n5-c4ccccc4)ccc32)c1. The van der Waals surface area contributed by atoms with Crippen LogP contribution < -0.4 is 5.56 Å². The number of benzene rings is 8. The lowest BCUT2D eigenvalue weighted by molar-refractivity contribution is 1.06. The van der Waals surface area contributed by atoms with Gasteiger partial charge in [-0.3, -0.25) is 9.36 Å². The first-order valence-electron chi connectivity index (χ1n) is 16.3. The number of para-hydroxylation sites is 3. The fourth-order valence-corrected chi connectivity index (χ4v) is 7.67. The van der Waals surface area contributed by atoms with E-state index in [2.05, 4.69) is 132 Å². The Morgan fingerprint density at radius 1 is 0.312 bits per heavy atom. The Morgan fingerprint density at radius 3 is 1.62 bits per heavy atom. The average Bonchev–Trinajstić information content (AvgIpc) is 3.48. The van der Waals surface area contributed by atoms with Crippen molar-refractivity contribution in [2.24, 2.45) is 0 Å². The summed E-state index contributed by atoms with van der Waals surface area (Å²) in [6.07, 6.45) is 0. The molecule has 0 aliphatic heterocycles. The van der Waals surface area contributed by atoms with Crippen LogP contribution in [0.3, 0.4) is 0 Å². The number of rotatable bonds is 3. The highest BCUT2D eigenvalue weighted by Gasteiger charge is 2.15. The van der Waals surface area contributed by atoms with Gasteiger partial charge >= 0.3 is 0 Å². The van der Waals surface area contributed by atoms with Crippen LogP contribution in [0.2, 0.25) is 0 Å². The molecule has 0 aliphatic carbocycles. The van der Waals surface area contributed by atoms with Gasteiger partial charge in [0, 0.05) is 32.9 Å². The third kappa shape index (κ3) is 3.91. The van der Waals surface area contributed by atoms with E-state index in [1.807, 2.05) is 47.0 Å². The first kappa shape index (κ1) is 26.7. The predicted molar refractivity (Wildman–Crippen MR) is 202 cm³/mol. The molecule has 0 radical (unpaired) electrons. The fourth-order valence-electron chi connectivity index (χ4n) is 7.67. The van der Waals surface area contributed by atoms with Crippen molar-refractivity contribution < 1.29 is 0 Å². The molecule has 3 heteroatoms. The van der Waals surface area contributed by atoms with Gasteiger partial charge in [0.1, 0.15) is 0 Å². The molecule has 0 N–H and O–H groups in total. The zero-order valence-corrected chi connectivity index (χ0v) is 26.0. The fraction of sp³-hybridized carbons (Fsp3) is 0. The lowest BCUT2D eigenvalue weighted by atomic mass is 9.96. The molecule has 48 heavy (non-hydrogen) atoms. The Hall–Kier alpha value is -6.45. The Labute approximate surface area is 276 Å². The first-order valence-corrected chi connectivity index (χ1v) is 16.3. The Kier molecular flexibility index (Phi) is 5.73. The van der Waals surface area contributed by atoms with Crippen LogP contribution in [0.1, 0.15) is 0 Å². The van der Waals surface area contributed by atoms with Crippen LogP contribution >= 0.6 is 0 Å². The van der Waals surface area contributed by atoms with E-state index in [0.717, 1.165) is 38.4 Å². The summed E-state index contributed by atoms with van der Waals surface area (Å²) in [5, 5.41) is 9.93. The second-order valence-electron chi connectivity index (χ2n) is 12.5. The van der Waals surface area contributed by atoms with Crippen molar-refractivity contribution in [2.75, 3.05) is 0 Å². The minimum Gasteiger partial charge on any atom is -0.309 e. The monoisotopic (exact) mass is 612 g/mol. The molecule has 0 unspecified atom stereocenters. The molecule has 224 valence electrons. The first-order chi connectivity index (χ1) is 23.7. The van der Waals surface area contributed by atoms with E-state index in [1.54, 1.807) is 0 Å². The van der Waals surface area contributed by atoms with E-state index < -0.39 is 0 Å². The van der Waals surface area contributed by atoms with E-state index in [-0.39, 0.29) is 5.56 Å². The summed E-state index contributed by atoms with van der Waals surface area (Å²) in [5.41, 5.74) is 7.73. The van der Waals surface area contributed by atoms with E-state index in [0.29, 0.717) is 0 Å². The molecule has 0 amide bonds. The van der Waals surface area contributed by atoms with Crippen LogP contribution in [0.4, 0.5) is 0 Å². The van der Waals surface area contributed by atoms with Crippen LogP contribution in [0.15, 0.2) is 175 Å². The number of nitrogens with zero attached hydrogens (tertiary/aromatic N) is 2. The number of hydrogen-bond acceptors (Lipinski definition) is 1. The molecule has 0 fully saturated rings. The summed E-state index contributed by atoms with van der Waals surface area (Å²) in [4.78, 5) is 13.9. The van der Waals surface area contributed by atoms with Gasteiger partial charge in [0.2, 0.25) is 0 Å². The summed E-state index contributed by atoms with van der Waals surface area (Å²) in [5.74, 6) is 0. The minimum absolute atomic E-state index is 0.00191. The Morgan fingerprint density at radius 2 is 0.854 bits per heavy atom. The van der Waals surface area contributed by atoms with Gasteiger partial charge in [-0.25, -0.2) is 0 Å². The normalized spacial score (nSPS) is 11.8. The molecule has 0 saturated heterocycles. The number of hydrogen-bond donors (Lipinski definition) is 0. The quantitative estimate of drug-likeness (QED) is 0.182. The van der Waals surface area contributed by atoms with E-state index >= 15 is 0 Å². The van der Waals surface area contributed by atoms with Crippen LogP contribution in [-0.4, -0.2) is 9.13 Å². The van der Waals surface area contributed by atoms with Crippen molar-refractivity contribution in [1.29, 1.82) is 0 Å². The third-order valence-corrected chi connectivity index (χ3v) is 9.89. The van der Waals surface area contributed by atoms with Gasteiger partial charge in [-0.1, -0.05) is 109 Å². The number of aromatic nitrogens is 2. The standard InChI is InChI=1S/C45H28N2O/c48-45-40-15-5-4-12-37(40)38-13-6-9-17-43(38)47(45)34-22-24-36-32(27-34)19-18-31-26-29(20-23-35(31)36)30-21-25-44-41(28-30)39-14-7-8-16-42(39)46(44)33-10-2-1-3-11-33/h1-28H. The maximum atomic E-state index is 13.9. The molecule has 0 saturated carbocycles. The van der Waals surface area contributed by atoms with E-state index in [4.69, 9.17) is 0 Å². The molecule has 3 nitrogen and oxygen atoms in total. The van der Waals surface area contributed by atoms with Crippen LogP contribution in [0, 0.1) is 0 Å². The van der Waals surface area contributed by atoms with Gasteiger partial charge in [0.15, 0.2) is 0 Å². The lowest BCUT2D eigenvalue weighted by Crippen LogP contribution is -2.19. The number of pyridine rings is 1. The highest BCUT2D eigenvalue weighted by Crippen LogP contribution is 2.37. The van der Waals surface area contributed by atoms with Gasteiger partial charge in [-0.15, -0.1) is 0 Å². The van der Waals surface area contributed by atoms with Crippen molar-refractivity contribution in [1.82, 2.24) is 9.13 Å². The zero-order chi connectivity index (χ0) is 31.8. The third-order valence-electron chi connectivity index (χ3n) is 9.89. The molecule has 0 bridgehead atoms. The van der Waals surface area contributed by atoms with Gasteiger partial charge in [0.05, 0.1) is 16.6 Å². The molecular weight excluding hydrogens is 585 g/mol. The van der Waals surface area contributed by atoms with E-state index in [1.165, 1.54) is 49.1 Å². The van der Waals surface area contributed by atoms with Crippen molar-refractivity contribution in [2.45, 2.75) is 0 Å². The molecule has 10 rings (SSSR count). The highest BCUT2D eigenvalue weighted by atomic mass is 16.1. The topological polar surface area (TPSA) is 26.9 Å². The van der Waals surface area contributed by atoms with Gasteiger partial charge in [0.25, 0.3) is 5.56 Å². The molecule has 2 aromatic heterocycles. The molecule has 8 aromatic carbocycles. The smallest absolute Gasteiger partial charge is 0.263 e. The molecule has 0 aliphatic rings. The molecule has 0 atom stereocenters. The minimum atomic E-state index is -0.00191. The number of fused-ring (bicyclic) bond motifs is 9. The Balaban J connectivity index is 1.10. The lowest BCUT2D eigenvalue weighted by Gasteiger charge is -2.14. The maximum Gasteiger partial charge on any atom is 0.263 e. The van der Waals surface area contributed by atoms with E-state index in [9.17, 15) is 4.79 Å². The summed E-state index contributed by atoms with van der Waals surface area (Å²) in [6.45, 7) is 0. The second-order valence-corrected chi connectivity index (χ2v) is 12.5. The van der Waals surface area contributed by atoms with Gasteiger partial charge < -0.3 is 4.57 Å². The van der Waals surface area contributed by atoms with Gasteiger partial charge in [-0.2, -0.15) is 0 Å². The molecule has 2 heterocycles. The van der Waals surface area contributed by atoms with Crippen molar-refractivity contribution in [3.63, 3.8) is 0 Å². The average molecular weight is 613 g/mol. The van der Waals surface area contributed by atoms with Crippen LogP contribution in [0.5, 0.6) is 0 Å². The highest BCUT2D eigenvalue weighted by molar-refractivity contribution is 6.12. The summed E-state index contributed by atoms with van der Waals surface area (Å²) < 4.78 is 4.21. The summed E-state index contributed by atoms with van der Waals surface area (Å²) >= 11 is 0. The van der Waals surface area contributed by atoms with Crippen molar-refractivity contribution in [3.05, 3.63) is 180 Å². The van der Waals surface area contributed by atoms with Crippen LogP contribution in [0.25, 0.3) is 87.5 Å². The van der Waals surface area contributed by atoms with Crippen LogP contribution in [-0.2, 0) is 0 Å². The Bertz CT molecular complexity index is 2970. The van der Waals surface area contributed by atoms with Crippen molar-refractivity contribution in [3.8, 4) is 22.5 Å². The second kappa shape index (κ2) is 10.3. The zero-order valence-electron chi connectivity index (χ0n) is 26.0. The largest absolute Gasteiger partial charge is 0.309 e.